The first-order valence-corrected chi connectivity index (χ1v) is 10.3. The largest absolute Gasteiger partial charge is 0.436 e. The Morgan fingerprint density at radius 3 is 2.58 bits per heavy atom. The highest BCUT2D eigenvalue weighted by Gasteiger charge is 2.14. The van der Waals surface area contributed by atoms with Gasteiger partial charge in [0, 0.05) is 27.2 Å². The Bertz CT molecular complexity index is 1470. The topological polar surface area (TPSA) is 55.1 Å². The molecule has 0 saturated carbocycles. The van der Waals surface area contributed by atoms with Crippen molar-refractivity contribution >= 4 is 45.1 Å². The fourth-order valence-electron chi connectivity index (χ4n) is 3.84. The summed E-state index contributed by atoms with van der Waals surface area (Å²) < 4.78 is 5.95. The van der Waals surface area contributed by atoms with Crippen LogP contribution in [-0.4, -0.2) is 10.9 Å². The molecule has 5 rings (SSSR count). The average molecular weight is 427 g/mol. The number of nitrogens with one attached hydrogen (secondary N) is 1. The van der Waals surface area contributed by atoms with Gasteiger partial charge in [-0.3, -0.25) is 4.79 Å². The van der Waals surface area contributed by atoms with E-state index in [2.05, 4.69) is 23.3 Å². The molecule has 0 aliphatic rings. The molecule has 4 nitrogen and oxygen atoms in total. The Labute approximate surface area is 184 Å². The molecule has 0 bridgehead atoms. The van der Waals surface area contributed by atoms with Crippen molar-refractivity contribution < 1.29 is 9.21 Å². The number of hydrogen-bond donors (Lipinski definition) is 1. The van der Waals surface area contributed by atoms with E-state index in [9.17, 15) is 4.79 Å². The fraction of sp³-hybridized carbons (Fsp3) is 0.0769. The standard InChI is InChI=1S/C26H19ClN2O2/c1-15-9-11-18(16(2)13-15)26-29-23-14-17(10-12-24(23)31-26)28-25(30)21-7-3-6-20-19(21)5-4-8-22(20)27/h3-14H,1-2H3,(H,28,30). The minimum atomic E-state index is -0.203. The highest BCUT2D eigenvalue weighted by molar-refractivity contribution is 6.36. The van der Waals surface area contributed by atoms with Gasteiger partial charge in [0.15, 0.2) is 5.58 Å². The fourth-order valence-corrected chi connectivity index (χ4v) is 4.08. The molecule has 0 atom stereocenters. The van der Waals surface area contributed by atoms with E-state index >= 15 is 0 Å². The molecular weight excluding hydrogens is 408 g/mol. The summed E-state index contributed by atoms with van der Waals surface area (Å²) in [5.74, 6) is 0.366. The normalized spacial score (nSPS) is 11.2. The Morgan fingerprint density at radius 2 is 1.74 bits per heavy atom. The van der Waals surface area contributed by atoms with Gasteiger partial charge in [-0.1, -0.05) is 53.6 Å². The van der Waals surface area contributed by atoms with Crippen LogP contribution in [-0.2, 0) is 0 Å². The van der Waals surface area contributed by atoms with E-state index in [0.29, 0.717) is 33.3 Å². The zero-order valence-corrected chi connectivity index (χ0v) is 17.8. The van der Waals surface area contributed by atoms with Crippen LogP contribution in [0, 0.1) is 13.8 Å². The molecule has 4 aromatic carbocycles. The molecule has 1 amide bonds. The monoisotopic (exact) mass is 426 g/mol. The van der Waals surface area contributed by atoms with Gasteiger partial charge >= 0.3 is 0 Å². The molecule has 0 radical (unpaired) electrons. The number of fused-ring (bicyclic) bond motifs is 2. The number of nitrogens with zero attached hydrogens (tertiary/aromatic N) is 1. The molecule has 5 heteroatoms. The van der Waals surface area contributed by atoms with Crippen molar-refractivity contribution in [1.29, 1.82) is 0 Å². The van der Waals surface area contributed by atoms with Crippen LogP contribution < -0.4 is 5.32 Å². The molecule has 0 unspecified atom stereocenters. The van der Waals surface area contributed by atoms with Crippen LogP contribution in [0.25, 0.3) is 33.3 Å². The number of carbonyl (C=O) groups is 1. The van der Waals surface area contributed by atoms with E-state index in [0.717, 1.165) is 21.9 Å². The molecule has 1 heterocycles. The maximum Gasteiger partial charge on any atom is 0.256 e. The first-order chi connectivity index (χ1) is 15.0. The van der Waals surface area contributed by atoms with Crippen LogP contribution in [0.15, 0.2) is 77.2 Å². The highest BCUT2D eigenvalue weighted by atomic mass is 35.5. The van der Waals surface area contributed by atoms with E-state index in [1.54, 1.807) is 6.07 Å². The number of halogens is 1. The van der Waals surface area contributed by atoms with Gasteiger partial charge in [-0.05, 0) is 61.2 Å². The lowest BCUT2D eigenvalue weighted by Gasteiger charge is -2.09. The quantitative estimate of drug-likeness (QED) is 0.332. The Hall–Kier alpha value is -3.63. The van der Waals surface area contributed by atoms with Gasteiger partial charge in [-0.2, -0.15) is 0 Å². The number of rotatable bonds is 3. The summed E-state index contributed by atoms with van der Waals surface area (Å²) in [5.41, 5.74) is 5.83. The summed E-state index contributed by atoms with van der Waals surface area (Å²) in [7, 11) is 0. The second-order valence-electron chi connectivity index (χ2n) is 7.61. The van der Waals surface area contributed by atoms with Crippen molar-refractivity contribution in [3.63, 3.8) is 0 Å². The molecule has 152 valence electrons. The lowest BCUT2D eigenvalue weighted by atomic mass is 10.0. The maximum absolute atomic E-state index is 13.0. The van der Waals surface area contributed by atoms with Crippen LogP contribution >= 0.6 is 11.6 Å². The summed E-state index contributed by atoms with van der Waals surface area (Å²) in [4.78, 5) is 17.6. The maximum atomic E-state index is 13.0. The zero-order chi connectivity index (χ0) is 21.5. The summed E-state index contributed by atoms with van der Waals surface area (Å²) >= 11 is 6.28. The molecule has 0 aliphatic heterocycles. The van der Waals surface area contributed by atoms with Crippen LogP contribution in [0.1, 0.15) is 21.5 Å². The molecule has 31 heavy (non-hydrogen) atoms. The zero-order valence-electron chi connectivity index (χ0n) is 17.1. The second-order valence-corrected chi connectivity index (χ2v) is 8.02. The Kier molecular flexibility index (Phi) is 4.72. The summed E-state index contributed by atoms with van der Waals surface area (Å²) in [6.07, 6.45) is 0. The van der Waals surface area contributed by atoms with E-state index in [1.807, 2.05) is 67.6 Å². The van der Waals surface area contributed by atoms with E-state index in [-0.39, 0.29) is 5.91 Å². The van der Waals surface area contributed by atoms with Crippen LogP contribution in [0.4, 0.5) is 5.69 Å². The van der Waals surface area contributed by atoms with Crippen LogP contribution in [0.5, 0.6) is 0 Å². The first kappa shape index (κ1) is 19.3. The lowest BCUT2D eigenvalue weighted by Crippen LogP contribution is -2.12. The number of amides is 1. The average Bonchev–Trinajstić information content (AvgIpc) is 3.16. The molecule has 5 aromatic rings. The highest BCUT2D eigenvalue weighted by Crippen LogP contribution is 2.30. The third-order valence-corrected chi connectivity index (χ3v) is 5.70. The van der Waals surface area contributed by atoms with Gasteiger partial charge in [0.05, 0.1) is 0 Å². The van der Waals surface area contributed by atoms with Crippen molar-refractivity contribution in [2.75, 3.05) is 5.32 Å². The van der Waals surface area contributed by atoms with Crippen molar-refractivity contribution in [3.8, 4) is 11.5 Å². The second kappa shape index (κ2) is 7.56. The predicted molar refractivity (Wildman–Crippen MR) is 126 cm³/mol. The summed E-state index contributed by atoms with van der Waals surface area (Å²) in [5, 5.41) is 5.25. The van der Waals surface area contributed by atoms with E-state index in [4.69, 9.17) is 16.0 Å². The summed E-state index contributed by atoms with van der Waals surface area (Å²) in [6, 6.07) is 22.7. The number of aryl methyl sites for hydroxylation is 2. The van der Waals surface area contributed by atoms with E-state index in [1.165, 1.54) is 5.56 Å². The van der Waals surface area contributed by atoms with Gasteiger partial charge in [-0.15, -0.1) is 0 Å². The van der Waals surface area contributed by atoms with Gasteiger partial charge in [0.1, 0.15) is 5.52 Å². The third-order valence-electron chi connectivity index (χ3n) is 5.37. The Morgan fingerprint density at radius 1 is 0.935 bits per heavy atom. The van der Waals surface area contributed by atoms with Crippen molar-refractivity contribution in [2.45, 2.75) is 13.8 Å². The van der Waals surface area contributed by atoms with Gasteiger partial charge in [0.25, 0.3) is 5.91 Å². The molecular formula is C26H19ClN2O2. The lowest BCUT2D eigenvalue weighted by molar-refractivity contribution is 0.102. The minimum Gasteiger partial charge on any atom is -0.436 e. The van der Waals surface area contributed by atoms with Crippen LogP contribution in [0.2, 0.25) is 5.02 Å². The smallest absolute Gasteiger partial charge is 0.256 e. The SMILES string of the molecule is Cc1ccc(-c2nc3cc(NC(=O)c4cccc5c(Cl)cccc45)ccc3o2)c(C)c1. The summed E-state index contributed by atoms with van der Waals surface area (Å²) in [6.45, 7) is 4.10. The number of anilines is 1. The van der Waals surface area contributed by atoms with Crippen molar-refractivity contribution in [3.05, 3.63) is 94.5 Å². The number of hydrogen-bond acceptors (Lipinski definition) is 3. The van der Waals surface area contributed by atoms with Crippen molar-refractivity contribution in [2.24, 2.45) is 0 Å². The predicted octanol–water partition coefficient (Wildman–Crippen LogP) is 7.17. The number of carbonyl (C=O) groups excluding carboxylic acids is 1. The van der Waals surface area contributed by atoms with Gasteiger partial charge in [-0.25, -0.2) is 4.98 Å². The molecule has 0 saturated heterocycles. The number of oxazole rings is 1. The number of benzene rings is 4. The van der Waals surface area contributed by atoms with Crippen LogP contribution in [0.3, 0.4) is 0 Å². The molecule has 0 fully saturated rings. The molecule has 0 aliphatic carbocycles. The molecule has 0 spiro atoms. The van der Waals surface area contributed by atoms with E-state index < -0.39 is 0 Å². The van der Waals surface area contributed by atoms with Gasteiger partial charge < -0.3 is 9.73 Å². The Balaban J connectivity index is 1.48. The minimum absolute atomic E-state index is 0.203. The molecule has 1 N–H and O–H groups in total. The third kappa shape index (κ3) is 3.56. The number of aromatic nitrogens is 1. The first-order valence-electron chi connectivity index (χ1n) is 9.96. The van der Waals surface area contributed by atoms with Gasteiger partial charge in [0.2, 0.25) is 5.89 Å². The van der Waals surface area contributed by atoms with Crippen molar-refractivity contribution in [1.82, 2.24) is 4.98 Å². The molecule has 1 aromatic heterocycles.